The first-order chi connectivity index (χ1) is 22.5. The molecule has 0 spiro atoms. The first-order valence-corrected chi connectivity index (χ1v) is 17.7. The Morgan fingerprint density at radius 1 is 0.800 bits per heavy atom. The number of hydrogen-bond acceptors (Lipinski definition) is 9. The Balaban J connectivity index is 0.000000751. The molecule has 1 unspecified atom stereocenters. The quantitative estimate of drug-likeness (QED) is 0.161. The maximum absolute atomic E-state index is 13.7. The van der Waals surface area contributed by atoms with E-state index in [9.17, 15) is 24.0 Å². The number of nitrogens with one attached hydrogen (secondary N) is 4. The molecular formula is C36H68N6O8. The van der Waals surface area contributed by atoms with Gasteiger partial charge in [0, 0.05) is 31.6 Å². The lowest BCUT2D eigenvalue weighted by atomic mass is 9.85. The summed E-state index contributed by atoms with van der Waals surface area (Å²) in [5.74, 6) is -0.0940. The number of likely N-dealkylation sites (tertiary alicyclic amines) is 1. The molecule has 1 saturated heterocycles. The average Bonchev–Trinajstić information content (AvgIpc) is 3.25. The number of carbonyl (C=O) groups excluding carboxylic acids is 5. The molecule has 0 radical (unpaired) electrons. The van der Waals surface area contributed by atoms with Crippen molar-refractivity contribution in [2.24, 2.45) is 40.2 Å². The molecule has 14 heteroatoms. The highest BCUT2D eigenvalue weighted by Crippen LogP contribution is 2.65. The van der Waals surface area contributed by atoms with E-state index in [1.165, 1.54) is 7.11 Å². The van der Waals surface area contributed by atoms with Gasteiger partial charge in [0.05, 0.1) is 13.2 Å². The first kappa shape index (κ1) is 44.7. The normalized spacial score (nSPS) is 21.4. The van der Waals surface area contributed by atoms with Gasteiger partial charge in [-0.1, -0.05) is 62.3 Å². The minimum atomic E-state index is -0.864. The number of esters is 1. The highest BCUT2D eigenvalue weighted by Gasteiger charge is 2.70. The monoisotopic (exact) mass is 713 g/mol. The van der Waals surface area contributed by atoms with E-state index in [0.717, 1.165) is 0 Å². The molecule has 1 heterocycles. The third-order valence-corrected chi connectivity index (χ3v) is 9.05. The third-order valence-electron chi connectivity index (χ3n) is 9.05. The number of alkyl carbamates (subject to hydrolysis) is 2. The molecule has 6 N–H and O–H groups in total. The molecule has 0 aromatic carbocycles. The second-order valence-electron chi connectivity index (χ2n) is 17.9. The van der Waals surface area contributed by atoms with Crippen LogP contribution in [0.2, 0.25) is 0 Å². The number of rotatable bonds is 10. The van der Waals surface area contributed by atoms with Gasteiger partial charge in [-0.2, -0.15) is 0 Å². The third kappa shape index (κ3) is 13.8. The number of urea groups is 1. The van der Waals surface area contributed by atoms with Crippen molar-refractivity contribution in [3.63, 3.8) is 0 Å². The predicted molar refractivity (Wildman–Crippen MR) is 193 cm³/mol. The van der Waals surface area contributed by atoms with Crippen molar-refractivity contribution in [1.29, 1.82) is 0 Å². The van der Waals surface area contributed by atoms with Crippen LogP contribution in [0.1, 0.15) is 104 Å². The number of nitrogens with two attached hydrogens (primary N) is 1. The number of piperidine rings is 1. The fourth-order valence-corrected chi connectivity index (χ4v) is 5.77. The Labute approximate surface area is 300 Å². The summed E-state index contributed by atoms with van der Waals surface area (Å²) in [5.41, 5.74) is 4.04. The number of nitrogens with zero attached hydrogens (tertiary/aromatic N) is 1. The molecule has 0 bridgehead atoms. The molecule has 1 aliphatic heterocycles. The molecular weight excluding hydrogens is 644 g/mol. The lowest BCUT2D eigenvalue weighted by Crippen LogP contribution is -2.61. The van der Waals surface area contributed by atoms with Crippen LogP contribution in [-0.2, 0) is 23.8 Å². The van der Waals surface area contributed by atoms with E-state index >= 15 is 0 Å². The highest BCUT2D eigenvalue weighted by atomic mass is 16.6. The van der Waals surface area contributed by atoms with E-state index in [1.54, 1.807) is 25.7 Å². The van der Waals surface area contributed by atoms with Gasteiger partial charge < -0.3 is 46.1 Å². The van der Waals surface area contributed by atoms with Crippen molar-refractivity contribution in [2.75, 3.05) is 26.7 Å². The van der Waals surface area contributed by atoms with Crippen molar-refractivity contribution in [3.05, 3.63) is 0 Å². The molecule has 2 fully saturated rings. The van der Waals surface area contributed by atoms with Gasteiger partial charge in [-0.15, -0.1) is 0 Å². The number of methoxy groups -OCH3 is 1. The number of ether oxygens (including phenoxy) is 3. The first-order valence-electron chi connectivity index (χ1n) is 17.7. The fraction of sp³-hybridized carbons (Fsp3) is 0.861. The van der Waals surface area contributed by atoms with Gasteiger partial charge in [0.2, 0.25) is 5.91 Å². The second-order valence-corrected chi connectivity index (χ2v) is 17.9. The average molecular weight is 713 g/mol. The van der Waals surface area contributed by atoms with Crippen LogP contribution >= 0.6 is 0 Å². The molecule has 6 atom stereocenters. The van der Waals surface area contributed by atoms with Gasteiger partial charge >= 0.3 is 24.2 Å². The number of amides is 5. The Morgan fingerprint density at radius 2 is 1.28 bits per heavy atom. The molecule has 50 heavy (non-hydrogen) atoms. The molecule has 5 amide bonds. The van der Waals surface area contributed by atoms with Gasteiger partial charge in [-0.25, -0.2) is 19.2 Å². The Hall–Kier alpha value is -3.29. The smallest absolute Gasteiger partial charge is 0.407 e. The van der Waals surface area contributed by atoms with Gasteiger partial charge in [0.1, 0.15) is 23.3 Å². The van der Waals surface area contributed by atoms with Gasteiger partial charge in [-0.05, 0) is 70.1 Å². The van der Waals surface area contributed by atoms with Crippen LogP contribution in [0.15, 0.2) is 0 Å². The lowest BCUT2D eigenvalue weighted by molar-refractivity contribution is -0.154. The Morgan fingerprint density at radius 3 is 1.68 bits per heavy atom. The van der Waals surface area contributed by atoms with E-state index in [4.69, 9.17) is 19.9 Å². The van der Waals surface area contributed by atoms with Crippen LogP contribution in [0.3, 0.4) is 0 Å². The molecule has 14 nitrogen and oxygen atoms in total. The maximum atomic E-state index is 13.7. The van der Waals surface area contributed by atoms with Crippen LogP contribution < -0.4 is 27.0 Å². The Bertz CT molecular complexity index is 1180. The number of carbonyl (C=O) groups is 5. The minimum absolute atomic E-state index is 0.00565. The largest absolute Gasteiger partial charge is 0.467 e. The molecule has 1 saturated carbocycles. The zero-order valence-corrected chi connectivity index (χ0v) is 33.5. The summed E-state index contributed by atoms with van der Waals surface area (Å²) in [7, 11) is 1.33. The van der Waals surface area contributed by atoms with Crippen molar-refractivity contribution in [1.82, 2.24) is 26.2 Å². The summed E-state index contributed by atoms with van der Waals surface area (Å²) in [6.45, 7) is 29.6. The summed E-state index contributed by atoms with van der Waals surface area (Å²) < 4.78 is 15.4. The SMILES string of the molecule is CC(C)[C@H](N)CNC(=O)OC(C)(C)C.COC(=O)[C@@H]1[C@@H]2[C@H](CN1C(=O)[C@@H](NC(=O)NC(CNC(=O)OC(C)(C)C)C(C)C)C(C)(C)C)C2(C)C. The van der Waals surface area contributed by atoms with Crippen LogP contribution in [0.4, 0.5) is 14.4 Å². The van der Waals surface area contributed by atoms with E-state index in [-0.39, 0.29) is 41.7 Å². The summed E-state index contributed by atoms with van der Waals surface area (Å²) >= 11 is 0. The van der Waals surface area contributed by atoms with Crippen LogP contribution in [0.25, 0.3) is 0 Å². The minimum Gasteiger partial charge on any atom is -0.467 e. The molecule has 290 valence electrons. The second kappa shape index (κ2) is 17.3. The molecule has 0 aromatic rings. The summed E-state index contributed by atoms with van der Waals surface area (Å²) in [5, 5.41) is 11.0. The van der Waals surface area contributed by atoms with Crippen molar-refractivity contribution >= 4 is 30.1 Å². The van der Waals surface area contributed by atoms with E-state index in [0.29, 0.717) is 19.0 Å². The molecule has 2 aliphatic rings. The Kier molecular flexibility index (Phi) is 15.5. The van der Waals surface area contributed by atoms with Crippen LogP contribution in [0, 0.1) is 34.5 Å². The topological polar surface area (TPSA) is 190 Å². The van der Waals surface area contributed by atoms with Gasteiger partial charge in [0.25, 0.3) is 0 Å². The standard InChI is InChI=1S/C26H46N4O6.C10H22N2O2/c1-14(2)16(12-27-23(34)36-25(6,7)8)28-22(33)29-19(24(3,4)5)20(31)30-13-15-17(26(15,9)10)18(30)21(32)35-11;1-7(2)8(11)6-12-9(13)14-10(3,4)5/h14-19H,12-13H2,1-11H3,(H,27,34)(H2,28,29,33);7-8H,6,11H2,1-5H3,(H,12,13)/t15-,16?,17-,18-,19+;8-/m01/s1. The van der Waals surface area contributed by atoms with Gasteiger partial charge in [-0.3, -0.25) is 4.79 Å². The number of fused-ring (bicyclic) bond motifs is 1. The number of hydrogen-bond donors (Lipinski definition) is 5. The van der Waals surface area contributed by atoms with Crippen molar-refractivity contribution in [3.8, 4) is 0 Å². The highest BCUT2D eigenvalue weighted by molar-refractivity contribution is 5.92. The summed E-state index contributed by atoms with van der Waals surface area (Å²) in [6.07, 6.45) is -0.976. The van der Waals surface area contributed by atoms with Crippen molar-refractivity contribution < 1.29 is 38.2 Å². The fourth-order valence-electron chi connectivity index (χ4n) is 5.77. The van der Waals surface area contributed by atoms with E-state index < -0.39 is 58.9 Å². The van der Waals surface area contributed by atoms with E-state index in [2.05, 4.69) is 35.1 Å². The summed E-state index contributed by atoms with van der Waals surface area (Å²) in [6, 6.07) is -2.46. The molecule has 2 rings (SSSR count). The van der Waals surface area contributed by atoms with Crippen LogP contribution in [-0.4, -0.2) is 97.1 Å². The molecule has 1 aliphatic carbocycles. The van der Waals surface area contributed by atoms with Crippen molar-refractivity contribution in [2.45, 2.75) is 139 Å². The van der Waals surface area contributed by atoms with Crippen LogP contribution in [0.5, 0.6) is 0 Å². The summed E-state index contributed by atoms with van der Waals surface area (Å²) in [4.78, 5) is 64.2. The maximum Gasteiger partial charge on any atom is 0.407 e. The predicted octanol–water partition coefficient (Wildman–Crippen LogP) is 4.40. The van der Waals surface area contributed by atoms with E-state index in [1.807, 2.05) is 69.2 Å². The van der Waals surface area contributed by atoms with Gasteiger partial charge in [0.15, 0.2) is 0 Å². The lowest BCUT2D eigenvalue weighted by Gasteiger charge is -2.37. The zero-order chi connectivity index (χ0) is 39.2. The molecule has 0 aromatic heterocycles. The zero-order valence-electron chi connectivity index (χ0n) is 33.5.